The molecular weight excluding hydrogens is 263 g/mol. The molecule has 0 amide bonds. The molecule has 2 rings (SSSR count). The summed E-state index contributed by atoms with van der Waals surface area (Å²) in [5.74, 6) is -0.534. The van der Waals surface area contributed by atoms with Gasteiger partial charge < -0.3 is 10.4 Å². The highest BCUT2D eigenvalue weighted by Gasteiger charge is 2.11. The monoisotopic (exact) mass is 280 g/mol. The fraction of sp³-hybridized carbons (Fsp3) is 0.357. The van der Waals surface area contributed by atoms with Crippen molar-refractivity contribution in [3.05, 3.63) is 35.1 Å². The number of nitrogens with zero attached hydrogens (tertiary/aromatic N) is 1. The lowest BCUT2D eigenvalue weighted by Crippen LogP contribution is -2.19. The average Bonchev–Trinajstić information content (AvgIpc) is 2.84. The molecule has 0 spiro atoms. The number of phenols is 1. The summed E-state index contributed by atoms with van der Waals surface area (Å²) < 4.78 is 13.3. The quantitative estimate of drug-likeness (QED) is 0.877. The standard InChI is InChI=1S/C14H17FN2OS/c1-3-4-16-9(2)13-8-19-14(17-13)10-5-11(15)7-12(18)6-10/h5-9,16,18H,3-4H2,1-2H3. The summed E-state index contributed by atoms with van der Waals surface area (Å²) >= 11 is 1.45. The Bertz CT molecular complexity index is 536. The highest BCUT2D eigenvalue weighted by Crippen LogP contribution is 2.29. The molecule has 1 aromatic heterocycles. The number of rotatable bonds is 5. The van der Waals surface area contributed by atoms with Crippen molar-refractivity contribution in [3.63, 3.8) is 0 Å². The smallest absolute Gasteiger partial charge is 0.127 e. The second-order valence-corrected chi connectivity index (χ2v) is 5.31. The molecule has 1 heterocycles. The van der Waals surface area contributed by atoms with E-state index >= 15 is 0 Å². The van der Waals surface area contributed by atoms with Gasteiger partial charge in [0.2, 0.25) is 0 Å². The zero-order chi connectivity index (χ0) is 13.8. The van der Waals surface area contributed by atoms with Gasteiger partial charge in [0.15, 0.2) is 0 Å². The van der Waals surface area contributed by atoms with E-state index in [1.807, 2.05) is 5.38 Å². The van der Waals surface area contributed by atoms with Crippen LogP contribution in [0.2, 0.25) is 0 Å². The summed E-state index contributed by atoms with van der Waals surface area (Å²) in [5.41, 5.74) is 1.55. The van der Waals surface area contributed by atoms with E-state index in [0.29, 0.717) is 5.56 Å². The number of hydrogen-bond acceptors (Lipinski definition) is 4. The molecule has 1 unspecified atom stereocenters. The lowest BCUT2D eigenvalue weighted by molar-refractivity contribution is 0.469. The van der Waals surface area contributed by atoms with Crippen LogP contribution in [0.3, 0.4) is 0 Å². The lowest BCUT2D eigenvalue weighted by Gasteiger charge is -2.09. The zero-order valence-electron chi connectivity index (χ0n) is 11.0. The number of aromatic hydroxyl groups is 1. The van der Waals surface area contributed by atoms with Crippen molar-refractivity contribution in [3.8, 4) is 16.3 Å². The topological polar surface area (TPSA) is 45.1 Å². The first kappa shape index (κ1) is 14.0. The third kappa shape index (κ3) is 3.52. The Balaban J connectivity index is 2.20. The van der Waals surface area contributed by atoms with Gasteiger partial charge in [0.25, 0.3) is 0 Å². The van der Waals surface area contributed by atoms with E-state index in [-0.39, 0.29) is 11.8 Å². The van der Waals surface area contributed by atoms with E-state index in [9.17, 15) is 9.50 Å². The average molecular weight is 280 g/mol. The number of benzene rings is 1. The molecule has 0 bridgehead atoms. The SMILES string of the molecule is CCCNC(C)c1csc(-c2cc(O)cc(F)c2)n1. The zero-order valence-corrected chi connectivity index (χ0v) is 11.8. The maximum Gasteiger partial charge on any atom is 0.127 e. The number of hydrogen-bond donors (Lipinski definition) is 2. The van der Waals surface area contributed by atoms with Gasteiger partial charge in [0, 0.05) is 23.1 Å². The van der Waals surface area contributed by atoms with Crippen LogP contribution in [0, 0.1) is 5.82 Å². The molecule has 0 saturated carbocycles. The molecule has 5 heteroatoms. The molecular formula is C14H17FN2OS. The Hall–Kier alpha value is -1.46. The van der Waals surface area contributed by atoms with Gasteiger partial charge >= 0.3 is 0 Å². The van der Waals surface area contributed by atoms with Gasteiger partial charge in [-0.1, -0.05) is 6.92 Å². The van der Waals surface area contributed by atoms with Crippen LogP contribution in [0.4, 0.5) is 4.39 Å². The molecule has 2 N–H and O–H groups in total. The predicted molar refractivity (Wildman–Crippen MR) is 75.9 cm³/mol. The largest absolute Gasteiger partial charge is 0.508 e. The lowest BCUT2D eigenvalue weighted by atomic mass is 10.2. The summed E-state index contributed by atoms with van der Waals surface area (Å²) in [6.45, 7) is 5.11. The first-order valence-electron chi connectivity index (χ1n) is 6.29. The van der Waals surface area contributed by atoms with Crippen molar-refractivity contribution >= 4 is 11.3 Å². The molecule has 0 aliphatic heterocycles. The van der Waals surface area contributed by atoms with Crippen molar-refractivity contribution in [2.75, 3.05) is 6.54 Å². The van der Waals surface area contributed by atoms with E-state index in [1.54, 1.807) is 0 Å². The van der Waals surface area contributed by atoms with Crippen molar-refractivity contribution in [2.24, 2.45) is 0 Å². The normalized spacial score (nSPS) is 12.6. The van der Waals surface area contributed by atoms with Crippen LogP contribution in [0.25, 0.3) is 10.6 Å². The Morgan fingerprint density at radius 2 is 2.21 bits per heavy atom. The Labute approximate surface area is 116 Å². The Kier molecular flexibility index (Phi) is 4.50. The van der Waals surface area contributed by atoms with Gasteiger partial charge in [-0.25, -0.2) is 9.37 Å². The highest BCUT2D eigenvalue weighted by atomic mass is 32.1. The Morgan fingerprint density at radius 3 is 2.89 bits per heavy atom. The van der Waals surface area contributed by atoms with Crippen molar-refractivity contribution in [2.45, 2.75) is 26.3 Å². The highest BCUT2D eigenvalue weighted by molar-refractivity contribution is 7.13. The predicted octanol–water partition coefficient (Wildman–Crippen LogP) is 3.72. The molecule has 1 atom stereocenters. The molecule has 0 aliphatic rings. The summed E-state index contributed by atoms with van der Waals surface area (Å²) in [5, 5.41) is 15.4. The molecule has 2 aromatic rings. The minimum absolute atomic E-state index is 0.0797. The molecule has 0 aliphatic carbocycles. The van der Waals surface area contributed by atoms with Crippen molar-refractivity contribution < 1.29 is 9.50 Å². The Morgan fingerprint density at radius 1 is 1.42 bits per heavy atom. The van der Waals surface area contributed by atoms with E-state index in [2.05, 4.69) is 24.1 Å². The van der Waals surface area contributed by atoms with Gasteiger partial charge in [0.1, 0.15) is 16.6 Å². The van der Waals surface area contributed by atoms with E-state index in [0.717, 1.165) is 29.7 Å². The number of thiazole rings is 1. The van der Waals surface area contributed by atoms with E-state index in [4.69, 9.17) is 0 Å². The van der Waals surface area contributed by atoms with Crippen LogP contribution in [-0.2, 0) is 0 Å². The fourth-order valence-electron chi connectivity index (χ4n) is 1.78. The van der Waals surface area contributed by atoms with Crippen LogP contribution >= 0.6 is 11.3 Å². The van der Waals surface area contributed by atoms with Crippen LogP contribution in [-0.4, -0.2) is 16.6 Å². The number of aromatic nitrogens is 1. The van der Waals surface area contributed by atoms with E-state index < -0.39 is 5.82 Å². The first-order valence-corrected chi connectivity index (χ1v) is 7.17. The van der Waals surface area contributed by atoms with Gasteiger partial charge in [0.05, 0.1) is 5.69 Å². The molecule has 102 valence electrons. The van der Waals surface area contributed by atoms with Gasteiger partial charge in [-0.3, -0.25) is 0 Å². The maximum atomic E-state index is 13.3. The number of nitrogens with one attached hydrogen (secondary N) is 1. The van der Waals surface area contributed by atoms with Gasteiger partial charge in [-0.05, 0) is 32.0 Å². The van der Waals surface area contributed by atoms with Crippen LogP contribution < -0.4 is 5.32 Å². The summed E-state index contributed by atoms with van der Waals surface area (Å²) in [6.07, 6.45) is 1.07. The third-order valence-corrected chi connectivity index (χ3v) is 3.71. The van der Waals surface area contributed by atoms with Crippen LogP contribution in [0.1, 0.15) is 32.0 Å². The molecule has 0 saturated heterocycles. The number of phenolic OH excluding ortho intramolecular Hbond substituents is 1. The second kappa shape index (κ2) is 6.12. The fourth-order valence-corrected chi connectivity index (χ4v) is 2.68. The minimum atomic E-state index is -0.455. The van der Waals surface area contributed by atoms with E-state index in [1.165, 1.54) is 23.5 Å². The van der Waals surface area contributed by atoms with Crippen molar-refractivity contribution in [1.29, 1.82) is 0 Å². The second-order valence-electron chi connectivity index (χ2n) is 4.45. The van der Waals surface area contributed by atoms with Crippen LogP contribution in [0.15, 0.2) is 23.6 Å². The molecule has 0 radical (unpaired) electrons. The minimum Gasteiger partial charge on any atom is -0.508 e. The van der Waals surface area contributed by atoms with Crippen LogP contribution in [0.5, 0.6) is 5.75 Å². The molecule has 3 nitrogen and oxygen atoms in total. The molecule has 19 heavy (non-hydrogen) atoms. The van der Waals surface area contributed by atoms with Gasteiger partial charge in [-0.15, -0.1) is 11.3 Å². The third-order valence-electron chi connectivity index (χ3n) is 2.80. The summed E-state index contributed by atoms with van der Waals surface area (Å²) in [4.78, 5) is 4.49. The maximum absolute atomic E-state index is 13.3. The summed E-state index contributed by atoms with van der Waals surface area (Å²) in [7, 11) is 0. The molecule has 1 aromatic carbocycles. The molecule has 0 fully saturated rings. The summed E-state index contributed by atoms with van der Waals surface area (Å²) in [6, 6.07) is 4.17. The van der Waals surface area contributed by atoms with Gasteiger partial charge in [-0.2, -0.15) is 0 Å². The number of halogens is 1. The van der Waals surface area contributed by atoms with Crippen molar-refractivity contribution in [1.82, 2.24) is 10.3 Å². The first-order chi connectivity index (χ1) is 9.10.